The van der Waals surface area contributed by atoms with E-state index in [2.05, 4.69) is 38.7 Å². The van der Waals surface area contributed by atoms with E-state index in [9.17, 15) is 0 Å². The number of nitrogens with one attached hydrogen (secondary N) is 1. The molecule has 6 nitrogen and oxygen atoms in total. The molecule has 2 atom stereocenters. The molecule has 5 heterocycles. The number of anilines is 1. The van der Waals surface area contributed by atoms with Gasteiger partial charge in [-0.25, -0.2) is 4.52 Å². The van der Waals surface area contributed by atoms with Gasteiger partial charge >= 0.3 is 0 Å². The SMILES string of the molecule is Cn1cc(-c2ccc3c(N4CC5CNCC4C5)cnn3c2)cn1. The fourth-order valence-electron chi connectivity index (χ4n) is 4.04. The van der Waals surface area contributed by atoms with E-state index in [1.54, 1.807) is 0 Å². The number of aromatic nitrogens is 4. The fraction of sp³-hybridized carbons (Fsp3) is 0.412. The lowest BCUT2D eigenvalue weighted by atomic mass is 10.0. The summed E-state index contributed by atoms with van der Waals surface area (Å²) in [6.45, 7) is 3.38. The molecule has 0 aliphatic carbocycles. The minimum atomic E-state index is 0.611. The van der Waals surface area contributed by atoms with E-state index in [1.807, 2.05) is 34.8 Å². The van der Waals surface area contributed by atoms with Gasteiger partial charge in [0.1, 0.15) is 0 Å². The predicted molar refractivity (Wildman–Crippen MR) is 89.5 cm³/mol. The Labute approximate surface area is 134 Å². The van der Waals surface area contributed by atoms with Gasteiger partial charge in [0.05, 0.1) is 23.6 Å². The van der Waals surface area contributed by atoms with Gasteiger partial charge in [-0.2, -0.15) is 10.2 Å². The molecule has 3 aromatic rings. The summed E-state index contributed by atoms with van der Waals surface area (Å²) in [4.78, 5) is 2.54. The molecule has 2 aliphatic rings. The number of fused-ring (bicyclic) bond motifs is 3. The van der Waals surface area contributed by atoms with Crippen LogP contribution in [0.1, 0.15) is 6.42 Å². The highest BCUT2D eigenvalue weighted by Gasteiger charge is 2.36. The number of aryl methyl sites for hydroxylation is 1. The van der Waals surface area contributed by atoms with Crippen LogP contribution in [0, 0.1) is 5.92 Å². The molecule has 0 radical (unpaired) electrons. The second-order valence-electron chi connectivity index (χ2n) is 6.75. The lowest BCUT2D eigenvalue weighted by molar-refractivity contribution is 0.434. The Kier molecular flexibility index (Phi) is 2.76. The number of piperidine rings is 1. The van der Waals surface area contributed by atoms with Crippen molar-refractivity contribution in [3.8, 4) is 11.1 Å². The van der Waals surface area contributed by atoms with Crippen molar-refractivity contribution in [2.24, 2.45) is 13.0 Å². The minimum Gasteiger partial charge on any atom is -0.364 e. The molecule has 118 valence electrons. The van der Waals surface area contributed by atoms with Crippen molar-refractivity contribution in [1.29, 1.82) is 0 Å². The second-order valence-corrected chi connectivity index (χ2v) is 6.75. The molecular formula is C17H20N6. The molecule has 2 aliphatic heterocycles. The van der Waals surface area contributed by atoms with E-state index < -0.39 is 0 Å². The Morgan fingerprint density at radius 3 is 2.87 bits per heavy atom. The summed E-state index contributed by atoms with van der Waals surface area (Å²) < 4.78 is 3.82. The first kappa shape index (κ1) is 13.1. The van der Waals surface area contributed by atoms with Crippen molar-refractivity contribution in [2.75, 3.05) is 24.5 Å². The molecular weight excluding hydrogens is 288 g/mol. The van der Waals surface area contributed by atoms with E-state index in [4.69, 9.17) is 0 Å². The molecule has 2 fully saturated rings. The van der Waals surface area contributed by atoms with E-state index in [-0.39, 0.29) is 0 Å². The summed E-state index contributed by atoms with van der Waals surface area (Å²) >= 11 is 0. The first-order chi connectivity index (χ1) is 11.3. The maximum absolute atomic E-state index is 4.60. The monoisotopic (exact) mass is 308 g/mol. The number of pyridine rings is 1. The average Bonchev–Trinajstić information content (AvgIpc) is 3.24. The molecule has 1 N–H and O–H groups in total. The smallest absolute Gasteiger partial charge is 0.0896 e. The minimum absolute atomic E-state index is 0.611. The van der Waals surface area contributed by atoms with Crippen LogP contribution in [0.5, 0.6) is 0 Å². The summed E-state index contributed by atoms with van der Waals surface area (Å²) in [6, 6.07) is 4.96. The van der Waals surface area contributed by atoms with E-state index in [0.717, 1.165) is 36.7 Å². The van der Waals surface area contributed by atoms with Crippen LogP contribution in [0.2, 0.25) is 0 Å². The third-order valence-electron chi connectivity index (χ3n) is 5.16. The topological polar surface area (TPSA) is 50.4 Å². The van der Waals surface area contributed by atoms with Crippen molar-refractivity contribution < 1.29 is 0 Å². The Bertz CT molecular complexity index is 863. The predicted octanol–water partition coefficient (Wildman–Crippen LogP) is 1.53. The van der Waals surface area contributed by atoms with Gasteiger partial charge in [0.2, 0.25) is 0 Å². The quantitative estimate of drug-likeness (QED) is 0.780. The standard InChI is InChI=1S/C17H20N6/c1-21-10-14(6-19-21)13-2-3-16-17(8-20-23(16)11-13)22-9-12-4-15(22)7-18-5-12/h2-3,6,8,10-12,15,18H,4-5,7,9H2,1H3. The normalized spacial score (nSPS) is 23.8. The average molecular weight is 308 g/mol. The van der Waals surface area contributed by atoms with Crippen molar-refractivity contribution in [3.05, 3.63) is 36.9 Å². The van der Waals surface area contributed by atoms with Crippen molar-refractivity contribution in [1.82, 2.24) is 24.7 Å². The molecule has 5 rings (SSSR count). The van der Waals surface area contributed by atoms with Crippen molar-refractivity contribution in [2.45, 2.75) is 12.5 Å². The van der Waals surface area contributed by atoms with E-state index in [1.165, 1.54) is 17.6 Å². The molecule has 3 aromatic heterocycles. The molecule has 0 aromatic carbocycles. The van der Waals surface area contributed by atoms with Crippen LogP contribution >= 0.6 is 0 Å². The van der Waals surface area contributed by atoms with Gasteiger partial charge in [-0.3, -0.25) is 4.68 Å². The van der Waals surface area contributed by atoms with Gasteiger partial charge in [0.25, 0.3) is 0 Å². The zero-order valence-corrected chi connectivity index (χ0v) is 13.2. The maximum Gasteiger partial charge on any atom is 0.0896 e. The maximum atomic E-state index is 4.60. The van der Waals surface area contributed by atoms with Gasteiger partial charge in [-0.05, 0) is 24.9 Å². The molecule has 23 heavy (non-hydrogen) atoms. The summed E-state index contributed by atoms with van der Waals surface area (Å²) in [6.07, 6.45) is 9.33. The summed E-state index contributed by atoms with van der Waals surface area (Å²) in [7, 11) is 1.94. The van der Waals surface area contributed by atoms with Crippen LogP contribution in [0.4, 0.5) is 5.69 Å². The first-order valence-electron chi connectivity index (χ1n) is 8.22. The Morgan fingerprint density at radius 2 is 2.04 bits per heavy atom. The van der Waals surface area contributed by atoms with Gasteiger partial charge in [0, 0.05) is 49.7 Å². The number of hydrogen-bond donors (Lipinski definition) is 1. The van der Waals surface area contributed by atoms with Gasteiger partial charge in [0.15, 0.2) is 0 Å². The number of hydrogen-bond acceptors (Lipinski definition) is 4. The molecule has 6 heteroatoms. The van der Waals surface area contributed by atoms with Crippen molar-refractivity contribution in [3.63, 3.8) is 0 Å². The van der Waals surface area contributed by atoms with Crippen LogP contribution in [-0.4, -0.2) is 45.1 Å². The largest absolute Gasteiger partial charge is 0.364 e. The van der Waals surface area contributed by atoms with Gasteiger partial charge in [-0.1, -0.05) is 6.07 Å². The number of rotatable bonds is 2. The van der Waals surface area contributed by atoms with Gasteiger partial charge in [-0.15, -0.1) is 0 Å². The molecule has 0 spiro atoms. The Balaban J connectivity index is 1.54. The van der Waals surface area contributed by atoms with Crippen molar-refractivity contribution >= 4 is 11.2 Å². The van der Waals surface area contributed by atoms with Crippen LogP contribution in [0.3, 0.4) is 0 Å². The van der Waals surface area contributed by atoms with Crippen LogP contribution < -0.4 is 10.2 Å². The van der Waals surface area contributed by atoms with Crippen LogP contribution in [-0.2, 0) is 7.05 Å². The van der Waals surface area contributed by atoms with E-state index >= 15 is 0 Å². The second kappa shape index (κ2) is 4.83. The van der Waals surface area contributed by atoms with Crippen LogP contribution in [0.25, 0.3) is 16.6 Å². The fourth-order valence-corrected chi connectivity index (χ4v) is 4.04. The summed E-state index contributed by atoms with van der Waals surface area (Å²) in [5, 5.41) is 12.4. The summed E-state index contributed by atoms with van der Waals surface area (Å²) in [5.41, 5.74) is 4.71. The van der Waals surface area contributed by atoms with Gasteiger partial charge < -0.3 is 10.2 Å². The van der Waals surface area contributed by atoms with E-state index in [0.29, 0.717) is 6.04 Å². The molecule has 2 saturated heterocycles. The number of nitrogens with zero attached hydrogens (tertiary/aromatic N) is 5. The first-order valence-corrected chi connectivity index (χ1v) is 8.22. The Morgan fingerprint density at radius 1 is 1.09 bits per heavy atom. The van der Waals surface area contributed by atoms with Crippen LogP contribution in [0.15, 0.2) is 36.9 Å². The molecule has 2 bridgehead atoms. The third kappa shape index (κ3) is 2.05. The zero-order chi connectivity index (χ0) is 15.4. The zero-order valence-electron chi connectivity index (χ0n) is 13.2. The lowest BCUT2D eigenvalue weighted by Crippen LogP contribution is -2.39. The lowest BCUT2D eigenvalue weighted by Gasteiger charge is -2.25. The molecule has 0 amide bonds. The molecule has 2 unspecified atom stereocenters. The Hall–Kier alpha value is -2.34. The highest BCUT2D eigenvalue weighted by atomic mass is 15.3. The highest BCUT2D eigenvalue weighted by Crippen LogP contribution is 2.34. The highest BCUT2D eigenvalue weighted by molar-refractivity contribution is 5.76. The summed E-state index contributed by atoms with van der Waals surface area (Å²) in [5.74, 6) is 0.776. The molecule has 0 saturated carbocycles. The third-order valence-corrected chi connectivity index (χ3v) is 5.16.